The highest BCUT2D eigenvalue weighted by atomic mass is 16.3. The smallest absolute Gasteiger partial charge is 0.223 e. The first kappa shape index (κ1) is 15.2. The molecule has 0 bridgehead atoms. The van der Waals surface area contributed by atoms with Crippen LogP contribution in [0.1, 0.15) is 16.9 Å². The molecule has 0 unspecified atom stereocenters. The van der Waals surface area contributed by atoms with Crippen LogP contribution in [-0.2, 0) is 11.2 Å². The van der Waals surface area contributed by atoms with Crippen LogP contribution in [0.25, 0.3) is 28.5 Å². The van der Waals surface area contributed by atoms with Gasteiger partial charge < -0.3 is 14.6 Å². The summed E-state index contributed by atoms with van der Waals surface area (Å²) in [6, 6.07) is 10.3. The maximum atomic E-state index is 12.0. The first-order valence-electron chi connectivity index (χ1n) is 7.77. The SMILES string of the molecule is Cc1ccc(-c2c3cc(O)c(=O)cc-3oc3c2CC(=O)C(O)=C3)cc1. The third kappa shape index (κ3) is 2.41. The minimum absolute atomic E-state index is 0.0137. The third-order valence-corrected chi connectivity index (χ3v) is 4.38. The van der Waals surface area contributed by atoms with E-state index in [0.717, 1.165) is 11.1 Å². The number of ketones is 1. The lowest BCUT2D eigenvalue weighted by molar-refractivity contribution is -0.117. The van der Waals surface area contributed by atoms with E-state index in [-0.39, 0.29) is 23.7 Å². The minimum Gasteiger partial charge on any atom is -0.504 e. The molecule has 1 aliphatic heterocycles. The first-order chi connectivity index (χ1) is 11.9. The van der Waals surface area contributed by atoms with Crippen LogP contribution in [0.4, 0.5) is 0 Å². The monoisotopic (exact) mass is 334 g/mol. The molecule has 1 heterocycles. The van der Waals surface area contributed by atoms with E-state index >= 15 is 0 Å². The van der Waals surface area contributed by atoms with Gasteiger partial charge in [0.05, 0.1) is 0 Å². The molecular formula is C20H14O5. The Labute approximate surface area is 142 Å². The van der Waals surface area contributed by atoms with Crippen LogP contribution in [-0.4, -0.2) is 16.0 Å². The van der Waals surface area contributed by atoms with Crippen molar-refractivity contribution < 1.29 is 19.4 Å². The number of hydrogen-bond acceptors (Lipinski definition) is 5. The molecule has 5 heteroatoms. The molecule has 0 amide bonds. The summed E-state index contributed by atoms with van der Waals surface area (Å²) >= 11 is 0. The number of rotatable bonds is 1. The second-order valence-corrected chi connectivity index (χ2v) is 6.13. The Bertz CT molecular complexity index is 1070. The Balaban J connectivity index is 2.13. The Morgan fingerprint density at radius 2 is 1.76 bits per heavy atom. The summed E-state index contributed by atoms with van der Waals surface area (Å²) in [5.41, 5.74) is 3.25. The number of Topliss-reactive ketones (excluding diaryl/α,β-unsaturated/α-hetero) is 1. The quantitative estimate of drug-likeness (QED) is 0.712. The zero-order valence-corrected chi connectivity index (χ0v) is 13.4. The van der Waals surface area contributed by atoms with Gasteiger partial charge in [-0.25, -0.2) is 0 Å². The fourth-order valence-corrected chi connectivity index (χ4v) is 3.09. The van der Waals surface area contributed by atoms with Crippen LogP contribution >= 0.6 is 0 Å². The summed E-state index contributed by atoms with van der Waals surface area (Å²) in [7, 11) is 0. The van der Waals surface area contributed by atoms with E-state index in [1.165, 1.54) is 18.2 Å². The molecule has 0 fully saturated rings. The molecular weight excluding hydrogens is 320 g/mol. The summed E-state index contributed by atoms with van der Waals surface area (Å²) in [6.45, 7) is 1.97. The average molecular weight is 334 g/mol. The maximum absolute atomic E-state index is 12.0. The summed E-state index contributed by atoms with van der Waals surface area (Å²) in [5, 5.41) is 19.6. The van der Waals surface area contributed by atoms with Crippen molar-refractivity contribution >= 4 is 11.9 Å². The van der Waals surface area contributed by atoms with E-state index in [0.29, 0.717) is 22.5 Å². The van der Waals surface area contributed by atoms with E-state index in [1.54, 1.807) is 0 Å². The maximum Gasteiger partial charge on any atom is 0.223 e. The van der Waals surface area contributed by atoms with Gasteiger partial charge in [-0.05, 0) is 18.6 Å². The van der Waals surface area contributed by atoms with Crippen molar-refractivity contribution in [1.82, 2.24) is 0 Å². The topological polar surface area (TPSA) is 87.7 Å². The molecule has 2 N–H and O–H groups in total. The van der Waals surface area contributed by atoms with Crippen molar-refractivity contribution in [3.63, 3.8) is 0 Å². The number of carbonyl (C=O) groups excluding carboxylic acids is 1. The van der Waals surface area contributed by atoms with Gasteiger partial charge in [0.15, 0.2) is 11.5 Å². The van der Waals surface area contributed by atoms with Crippen LogP contribution in [0.5, 0.6) is 5.75 Å². The molecule has 25 heavy (non-hydrogen) atoms. The Kier molecular flexibility index (Phi) is 3.25. The second kappa shape index (κ2) is 5.34. The van der Waals surface area contributed by atoms with Gasteiger partial charge in [-0.1, -0.05) is 29.8 Å². The number of aromatic hydroxyl groups is 1. The molecule has 3 aliphatic rings. The molecule has 0 atom stereocenters. The zero-order chi connectivity index (χ0) is 17.7. The number of aliphatic hydroxyl groups is 1. The van der Waals surface area contributed by atoms with Crippen molar-refractivity contribution in [1.29, 1.82) is 0 Å². The van der Waals surface area contributed by atoms with Gasteiger partial charge in [0, 0.05) is 35.3 Å². The second-order valence-electron chi connectivity index (χ2n) is 6.13. The molecule has 5 nitrogen and oxygen atoms in total. The number of aryl methyl sites for hydroxylation is 1. The lowest BCUT2D eigenvalue weighted by Gasteiger charge is -2.21. The molecule has 124 valence electrons. The number of phenolic OH excluding ortho intramolecular Hbond substituents is 1. The van der Waals surface area contributed by atoms with Gasteiger partial charge in [0.1, 0.15) is 11.5 Å². The molecule has 1 aromatic carbocycles. The highest BCUT2D eigenvalue weighted by Crippen LogP contribution is 2.41. The van der Waals surface area contributed by atoms with Gasteiger partial charge in [-0.3, -0.25) is 9.59 Å². The minimum atomic E-state index is -0.550. The molecule has 0 aromatic heterocycles. The van der Waals surface area contributed by atoms with Gasteiger partial charge in [-0.15, -0.1) is 0 Å². The Morgan fingerprint density at radius 1 is 1.04 bits per heavy atom. The number of hydrogen-bond donors (Lipinski definition) is 2. The third-order valence-electron chi connectivity index (χ3n) is 4.38. The molecule has 4 rings (SSSR count). The number of allylic oxidation sites excluding steroid dienone is 1. The number of fused-ring (bicyclic) bond motifs is 2. The van der Waals surface area contributed by atoms with Crippen molar-refractivity contribution in [3.05, 3.63) is 69.3 Å². The van der Waals surface area contributed by atoms with E-state index in [9.17, 15) is 19.8 Å². The number of carbonyl (C=O) groups is 1. The standard InChI is InChI=1S/C20H14O5/c1-10-2-4-11(5-3-10)20-12-6-14(21)16(23)8-18(12)25-19-9-17(24)15(22)7-13(19)20/h2-6,8-9,21,24H,7H2,1H3. The largest absolute Gasteiger partial charge is 0.504 e. The molecule has 0 saturated carbocycles. The van der Waals surface area contributed by atoms with Crippen LogP contribution in [0.15, 0.2) is 51.4 Å². The van der Waals surface area contributed by atoms with Gasteiger partial charge in [-0.2, -0.15) is 0 Å². The van der Waals surface area contributed by atoms with Gasteiger partial charge in [0.25, 0.3) is 0 Å². The molecule has 2 aliphatic carbocycles. The summed E-state index contributed by atoms with van der Waals surface area (Å²) in [5.74, 6) is -0.524. The fraction of sp³-hybridized carbons (Fsp3) is 0.100. The average Bonchev–Trinajstić information content (AvgIpc) is 2.57. The van der Waals surface area contributed by atoms with E-state index in [2.05, 4.69) is 0 Å². The Hall–Kier alpha value is -3.34. The van der Waals surface area contributed by atoms with Crippen LogP contribution < -0.4 is 5.43 Å². The summed E-state index contributed by atoms with van der Waals surface area (Å²) in [4.78, 5) is 23.8. The van der Waals surface area contributed by atoms with Gasteiger partial charge in [0.2, 0.25) is 11.2 Å². The summed E-state index contributed by atoms with van der Waals surface area (Å²) in [6.07, 6.45) is 1.26. The van der Waals surface area contributed by atoms with Crippen molar-refractivity contribution in [2.24, 2.45) is 0 Å². The summed E-state index contributed by atoms with van der Waals surface area (Å²) < 4.78 is 5.72. The lowest BCUT2D eigenvalue weighted by atomic mass is 9.87. The normalized spacial score (nSPS) is 13.6. The van der Waals surface area contributed by atoms with Crippen LogP contribution in [0, 0.1) is 6.92 Å². The number of phenols is 1. The van der Waals surface area contributed by atoms with Crippen molar-refractivity contribution in [3.8, 4) is 28.2 Å². The first-order valence-corrected chi connectivity index (χ1v) is 7.77. The zero-order valence-electron chi connectivity index (χ0n) is 13.4. The van der Waals surface area contributed by atoms with Crippen molar-refractivity contribution in [2.45, 2.75) is 13.3 Å². The number of benzene rings is 2. The fourth-order valence-electron chi connectivity index (χ4n) is 3.09. The highest BCUT2D eigenvalue weighted by Gasteiger charge is 2.28. The van der Waals surface area contributed by atoms with Crippen LogP contribution in [0.2, 0.25) is 0 Å². The van der Waals surface area contributed by atoms with E-state index < -0.39 is 11.2 Å². The molecule has 1 aromatic rings. The Morgan fingerprint density at radius 3 is 2.48 bits per heavy atom. The van der Waals surface area contributed by atoms with E-state index in [1.807, 2.05) is 31.2 Å². The predicted octanol–water partition coefficient (Wildman–Crippen LogP) is 3.45. The highest BCUT2D eigenvalue weighted by molar-refractivity contribution is 6.03. The van der Waals surface area contributed by atoms with Gasteiger partial charge >= 0.3 is 0 Å². The van der Waals surface area contributed by atoms with Crippen molar-refractivity contribution in [2.75, 3.05) is 0 Å². The molecule has 0 spiro atoms. The molecule has 0 radical (unpaired) electrons. The predicted molar refractivity (Wildman–Crippen MR) is 92.8 cm³/mol. The van der Waals surface area contributed by atoms with E-state index in [4.69, 9.17) is 4.42 Å². The lowest BCUT2D eigenvalue weighted by Crippen LogP contribution is -2.14. The number of aliphatic hydroxyl groups excluding tert-OH is 1. The van der Waals surface area contributed by atoms with Crippen LogP contribution in [0.3, 0.4) is 0 Å². The molecule has 0 saturated heterocycles.